The number of amides is 1. The Balaban J connectivity index is 2.11. The number of nitriles is 1. The molecule has 0 spiro atoms. The molecular formula is C13H9BrN4O2. The summed E-state index contributed by atoms with van der Waals surface area (Å²) in [6.45, 7) is -0.199. The van der Waals surface area contributed by atoms with Gasteiger partial charge in [0.15, 0.2) is 0 Å². The van der Waals surface area contributed by atoms with Crippen LogP contribution in [0.15, 0.2) is 45.8 Å². The maximum Gasteiger partial charge on any atom is 0.267 e. The zero-order chi connectivity index (χ0) is 14.5. The number of benzene rings is 1. The molecule has 1 amide bonds. The van der Waals surface area contributed by atoms with Gasteiger partial charge in [-0.3, -0.25) is 9.59 Å². The van der Waals surface area contributed by atoms with Crippen molar-refractivity contribution in [3.05, 3.63) is 56.9 Å². The molecule has 20 heavy (non-hydrogen) atoms. The minimum absolute atomic E-state index is 0.199. The van der Waals surface area contributed by atoms with E-state index in [2.05, 4.69) is 26.3 Å². The van der Waals surface area contributed by atoms with Crippen LogP contribution >= 0.6 is 15.9 Å². The van der Waals surface area contributed by atoms with Gasteiger partial charge in [-0.15, -0.1) is 0 Å². The van der Waals surface area contributed by atoms with Gasteiger partial charge in [0.05, 0.1) is 11.6 Å². The second kappa shape index (κ2) is 6.12. The Morgan fingerprint density at radius 2 is 2.20 bits per heavy atom. The molecule has 0 atom stereocenters. The van der Waals surface area contributed by atoms with Crippen LogP contribution in [0.1, 0.15) is 5.56 Å². The Labute approximate surface area is 122 Å². The highest BCUT2D eigenvalue weighted by atomic mass is 79.9. The molecule has 0 saturated carbocycles. The van der Waals surface area contributed by atoms with E-state index in [4.69, 9.17) is 5.26 Å². The Hall–Kier alpha value is -2.46. The predicted octanol–water partition coefficient (Wildman–Crippen LogP) is 1.52. The topological polar surface area (TPSA) is 87.8 Å². The summed E-state index contributed by atoms with van der Waals surface area (Å²) in [5, 5.41) is 15.3. The molecule has 1 aromatic carbocycles. The van der Waals surface area contributed by atoms with Crippen LogP contribution in [-0.4, -0.2) is 15.7 Å². The maximum atomic E-state index is 11.8. The molecule has 0 aliphatic carbocycles. The number of nitrogens with one attached hydrogen (secondary N) is 1. The number of nitrogens with zero attached hydrogens (tertiary/aromatic N) is 3. The number of carbonyl (C=O) groups is 1. The van der Waals surface area contributed by atoms with Crippen LogP contribution in [0.4, 0.5) is 5.69 Å². The first-order valence-electron chi connectivity index (χ1n) is 5.62. The van der Waals surface area contributed by atoms with E-state index < -0.39 is 5.91 Å². The van der Waals surface area contributed by atoms with Crippen molar-refractivity contribution in [2.75, 3.05) is 5.32 Å². The molecule has 0 saturated heterocycles. The second-order valence-corrected chi connectivity index (χ2v) is 4.71. The van der Waals surface area contributed by atoms with Gasteiger partial charge >= 0.3 is 0 Å². The third-order valence-corrected chi connectivity index (χ3v) is 2.83. The summed E-state index contributed by atoms with van der Waals surface area (Å²) in [5.74, 6) is -0.396. The van der Waals surface area contributed by atoms with E-state index in [1.807, 2.05) is 6.07 Å². The van der Waals surface area contributed by atoms with Gasteiger partial charge in [0, 0.05) is 11.8 Å². The summed E-state index contributed by atoms with van der Waals surface area (Å²) >= 11 is 3.13. The monoisotopic (exact) mass is 332 g/mol. The average molecular weight is 333 g/mol. The van der Waals surface area contributed by atoms with Gasteiger partial charge in [-0.1, -0.05) is 6.07 Å². The lowest BCUT2D eigenvalue weighted by atomic mass is 10.2. The van der Waals surface area contributed by atoms with Gasteiger partial charge in [0.2, 0.25) is 5.91 Å². The first-order valence-corrected chi connectivity index (χ1v) is 6.41. The molecule has 7 heteroatoms. The normalized spacial score (nSPS) is 9.80. The molecule has 0 aliphatic heterocycles. The SMILES string of the molecule is N#Cc1cccc(NC(=O)Cn2nc(Br)ccc2=O)c1. The first-order chi connectivity index (χ1) is 9.58. The summed E-state index contributed by atoms with van der Waals surface area (Å²) in [5.41, 5.74) is 0.576. The lowest BCUT2D eigenvalue weighted by Gasteiger charge is -2.06. The third kappa shape index (κ3) is 3.52. The number of rotatable bonds is 3. The zero-order valence-corrected chi connectivity index (χ0v) is 11.8. The highest BCUT2D eigenvalue weighted by Gasteiger charge is 2.07. The number of hydrogen-bond acceptors (Lipinski definition) is 4. The molecule has 1 N–H and O–H groups in total. The van der Waals surface area contributed by atoms with E-state index in [0.717, 1.165) is 4.68 Å². The number of halogens is 1. The van der Waals surface area contributed by atoms with Gasteiger partial charge in [-0.2, -0.15) is 10.4 Å². The van der Waals surface area contributed by atoms with Crippen LogP contribution in [0, 0.1) is 11.3 Å². The first kappa shape index (κ1) is 14.0. The summed E-state index contributed by atoms with van der Waals surface area (Å²) < 4.78 is 1.52. The lowest BCUT2D eigenvalue weighted by Crippen LogP contribution is -2.29. The molecule has 2 rings (SSSR count). The molecule has 0 aliphatic rings. The van der Waals surface area contributed by atoms with Crippen molar-refractivity contribution < 1.29 is 4.79 Å². The Morgan fingerprint density at radius 1 is 1.40 bits per heavy atom. The highest BCUT2D eigenvalue weighted by Crippen LogP contribution is 2.09. The van der Waals surface area contributed by atoms with Crippen molar-refractivity contribution in [1.82, 2.24) is 9.78 Å². The predicted molar refractivity (Wildman–Crippen MR) is 76.0 cm³/mol. The summed E-state index contributed by atoms with van der Waals surface area (Å²) in [6, 6.07) is 11.3. The molecule has 1 heterocycles. The minimum Gasteiger partial charge on any atom is -0.324 e. The van der Waals surface area contributed by atoms with Crippen molar-refractivity contribution >= 4 is 27.5 Å². The summed E-state index contributed by atoms with van der Waals surface area (Å²) in [7, 11) is 0. The van der Waals surface area contributed by atoms with E-state index in [9.17, 15) is 9.59 Å². The quantitative estimate of drug-likeness (QED) is 0.922. The largest absolute Gasteiger partial charge is 0.324 e. The third-order valence-electron chi connectivity index (χ3n) is 2.40. The fourth-order valence-corrected chi connectivity index (χ4v) is 1.86. The van der Waals surface area contributed by atoms with Gasteiger partial charge in [-0.05, 0) is 40.2 Å². The smallest absolute Gasteiger partial charge is 0.267 e. The zero-order valence-electron chi connectivity index (χ0n) is 10.2. The van der Waals surface area contributed by atoms with E-state index >= 15 is 0 Å². The fraction of sp³-hybridized carbons (Fsp3) is 0.0769. The fourth-order valence-electron chi connectivity index (χ4n) is 1.54. The Kier molecular flexibility index (Phi) is 4.27. The molecule has 2 aromatic rings. The van der Waals surface area contributed by atoms with Gasteiger partial charge in [0.1, 0.15) is 11.1 Å². The van der Waals surface area contributed by atoms with Crippen LogP contribution in [0.5, 0.6) is 0 Å². The molecule has 0 bridgehead atoms. The number of aromatic nitrogens is 2. The van der Waals surface area contributed by atoms with Crippen molar-refractivity contribution in [3.63, 3.8) is 0 Å². The van der Waals surface area contributed by atoms with Crippen LogP contribution < -0.4 is 10.9 Å². The van der Waals surface area contributed by atoms with Gasteiger partial charge in [-0.25, -0.2) is 4.68 Å². The van der Waals surface area contributed by atoms with E-state index in [1.165, 1.54) is 12.1 Å². The molecule has 1 aromatic heterocycles. The average Bonchev–Trinajstić information content (AvgIpc) is 2.43. The maximum absolute atomic E-state index is 11.8. The highest BCUT2D eigenvalue weighted by molar-refractivity contribution is 9.10. The van der Waals surface area contributed by atoms with Crippen LogP contribution in [-0.2, 0) is 11.3 Å². The Bertz CT molecular complexity index is 749. The van der Waals surface area contributed by atoms with Crippen LogP contribution in [0.2, 0.25) is 0 Å². The number of anilines is 1. The van der Waals surface area contributed by atoms with Crippen molar-refractivity contribution in [3.8, 4) is 6.07 Å². The summed E-state index contributed by atoms with van der Waals surface area (Å²) in [4.78, 5) is 23.4. The van der Waals surface area contributed by atoms with Crippen molar-refractivity contribution in [2.24, 2.45) is 0 Å². The van der Waals surface area contributed by atoms with Gasteiger partial charge in [0.25, 0.3) is 5.56 Å². The van der Waals surface area contributed by atoms with E-state index in [1.54, 1.807) is 24.3 Å². The molecule has 0 fully saturated rings. The molecule has 0 radical (unpaired) electrons. The molecular weight excluding hydrogens is 324 g/mol. The summed E-state index contributed by atoms with van der Waals surface area (Å²) in [6.07, 6.45) is 0. The standard InChI is InChI=1S/C13H9BrN4O2/c14-11-4-5-13(20)18(17-11)8-12(19)16-10-3-1-2-9(6-10)7-15/h1-6H,8H2,(H,16,19). The van der Waals surface area contributed by atoms with Crippen LogP contribution in [0.25, 0.3) is 0 Å². The lowest BCUT2D eigenvalue weighted by molar-refractivity contribution is -0.117. The van der Waals surface area contributed by atoms with Crippen molar-refractivity contribution in [2.45, 2.75) is 6.54 Å². The van der Waals surface area contributed by atoms with E-state index in [-0.39, 0.29) is 12.1 Å². The minimum atomic E-state index is -0.396. The molecule has 6 nitrogen and oxygen atoms in total. The van der Waals surface area contributed by atoms with Crippen molar-refractivity contribution in [1.29, 1.82) is 5.26 Å². The van der Waals surface area contributed by atoms with Crippen LogP contribution in [0.3, 0.4) is 0 Å². The van der Waals surface area contributed by atoms with E-state index in [0.29, 0.717) is 15.9 Å². The number of hydrogen-bond donors (Lipinski definition) is 1. The van der Waals surface area contributed by atoms with Gasteiger partial charge < -0.3 is 5.32 Å². The second-order valence-electron chi connectivity index (χ2n) is 3.89. The Morgan fingerprint density at radius 3 is 2.95 bits per heavy atom. The number of carbonyl (C=O) groups excluding carboxylic acids is 1. The molecule has 100 valence electrons. The molecule has 0 unspecified atom stereocenters.